The molecule has 0 aromatic carbocycles. The molecule has 0 spiro atoms. The van der Waals surface area contributed by atoms with Gasteiger partial charge < -0.3 is 10.6 Å². The molecule has 4 nitrogen and oxygen atoms in total. The number of carbonyl (C=O) groups excluding carboxylic acids is 1. The van der Waals surface area contributed by atoms with Crippen LogP contribution in [0.4, 0.5) is 5.82 Å². The van der Waals surface area contributed by atoms with E-state index in [1.54, 1.807) is 18.3 Å². The van der Waals surface area contributed by atoms with Crippen LogP contribution < -0.4 is 10.6 Å². The minimum Gasteiger partial charge on any atom is -0.370 e. The van der Waals surface area contributed by atoms with Gasteiger partial charge in [-0.05, 0) is 44.7 Å². The maximum Gasteiger partial charge on any atom is 0.251 e. The molecule has 1 aliphatic rings. The first-order valence-electron chi connectivity index (χ1n) is 7.21. The van der Waals surface area contributed by atoms with Gasteiger partial charge in [-0.15, -0.1) is 0 Å². The SMILES string of the molecule is CCNc1cc(C(=O)NC(C)C2CCCC2)ccn1. The van der Waals surface area contributed by atoms with Crippen molar-refractivity contribution in [3.63, 3.8) is 0 Å². The van der Waals surface area contributed by atoms with Crippen LogP contribution in [0.25, 0.3) is 0 Å². The van der Waals surface area contributed by atoms with Crippen molar-refractivity contribution in [1.82, 2.24) is 10.3 Å². The lowest BCUT2D eigenvalue weighted by molar-refractivity contribution is 0.0927. The molecular formula is C15H23N3O. The number of amides is 1. The first-order valence-corrected chi connectivity index (χ1v) is 7.21. The van der Waals surface area contributed by atoms with E-state index in [9.17, 15) is 4.79 Å². The van der Waals surface area contributed by atoms with Crippen molar-refractivity contribution in [3.05, 3.63) is 23.9 Å². The molecule has 1 aliphatic carbocycles. The van der Waals surface area contributed by atoms with Gasteiger partial charge in [-0.1, -0.05) is 12.8 Å². The summed E-state index contributed by atoms with van der Waals surface area (Å²) in [5, 5.41) is 6.23. The Morgan fingerprint density at radius 2 is 2.21 bits per heavy atom. The normalized spacial score (nSPS) is 17.2. The molecule has 104 valence electrons. The minimum absolute atomic E-state index is 0.000882. The summed E-state index contributed by atoms with van der Waals surface area (Å²) in [7, 11) is 0. The minimum atomic E-state index is 0.000882. The summed E-state index contributed by atoms with van der Waals surface area (Å²) < 4.78 is 0. The predicted octanol–water partition coefficient (Wildman–Crippen LogP) is 2.82. The van der Waals surface area contributed by atoms with Crippen molar-refractivity contribution in [3.8, 4) is 0 Å². The molecule has 2 rings (SSSR count). The number of hydrogen-bond acceptors (Lipinski definition) is 3. The largest absolute Gasteiger partial charge is 0.370 e. The van der Waals surface area contributed by atoms with Gasteiger partial charge in [0.1, 0.15) is 5.82 Å². The van der Waals surface area contributed by atoms with Crippen LogP contribution >= 0.6 is 0 Å². The van der Waals surface area contributed by atoms with Crippen LogP contribution in [0, 0.1) is 5.92 Å². The van der Waals surface area contributed by atoms with Gasteiger partial charge in [0, 0.05) is 24.3 Å². The molecule has 19 heavy (non-hydrogen) atoms. The number of aromatic nitrogens is 1. The Hall–Kier alpha value is -1.58. The van der Waals surface area contributed by atoms with E-state index in [-0.39, 0.29) is 11.9 Å². The molecule has 1 unspecified atom stereocenters. The predicted molar refractivity (Wildman–Crippen MR) is 77.3 cm³/mol. The molecular weight excluding hydrogens is 238 g/mol. The Balaban J connectivity index is 1.96. The van der Waals surface area contributed by atoms with Gasteiger partial charge in [-0.2, -0.15) is 0 Å². The maximum atomic E-state index is 12.2. The molecule has 2 N–H and O–H groups in total. The van der Waals surface area contributed by atoms with Crippen molar-refractivity contribution < 1.29 is 4.79 Å². The van der Waals surface area contributed by atoms with Crippen LogP contribution in [-0.2, 0) is 0 Å². The Morgan fingerprint density at radius 3 is 2.89 bits per heavy atom. The first-order chi connectivity index (χ1) is 9.20. The van der Waals surface area contributed by atoms with E-state index in [4.69, 9.17) is 0 Å². The van der Waals surface area contributed by atoms with Gasteiger partial charge >= 0.3 is 0 Å². The van der Waals surface area contributed by atoms with E-state index < -0.39 is 0 Å². The smallest absolute Gasteiger partial charge is 0.251 e. The van der Waals surface area contributed by atoms with Crippen molar-refractivity contribution in [1.29, 1.82) is 0 Å². The zero-order valence-corrected chi connectivity index (χ0v) is 11.8. The molecule has 0 bridgehead atoms. The van der Waals surface area contributed by atoms with Crippen LogP contribution in [0.1, 0.15) is 49.9 Å². The Labute approximate surface area is 115 Å². The topological polar surface area (TPSA) is 54.0 Å². The zero-order chi connectivity index (χ0) is 13.7. The molecule has 0 saturated heterocycles. The number of pyridine rings is 1. The molecule has 1 saturated carbocycles. The lowest BCUT2D eigenvalue weighted by Crippen LogP contribution is -2.37. The Bertz CT molecular complexity index is 427. The summed E-state index contributed by atoms with van der Waals surface area (Å²) in [6, 6.07) is 3.82. The third kappa shape index (κ3) is 3.69. The fourth-order valence-corrected chi connectivity index (χ4v) is 2.71. The van der Waals surface area contributed by atoms with E-state index in [1.165, 1.54) is 25.7 Å². The molecule has 1 aromatic heterocycles. The molecule has 4 heteroatoms. The quantitative estimate of drug-likeness (QED) is 0.857. The molecule has 1 heterocycles. The van der Waals surface area contributed by atoms with Gasteiger partial charge in [0.25, 0.3) is 5.91 Å². The highest BCUT2D eigenvalue weighted by molar-refractivity contribution is 5.94. The number of nitrogens with one attached hydrogen (secondary N) is 2. The van der Waals surface area contributed by atoms with Crippen LogP contribution in [0.2, 0.25) is 0 Å². The third-order valence-electron chi connectivity index (χ3n) is 3.85. The van der Waals surface area contributed by atoms with Gasteiger partial charge in [0.2, 0.25) is 0 Å². The van der Waals surface area contributed by atoms with Gasteiger partial charge in [-0.3, -0.25) is 4.79 Å². The standard InChI is InChI=1S/C15H23N3O/c1-3-16-14-10-13(8-9-17-14)15(19)18-11(2)12-6-4-5-7-12/h8-12H,3-7H2,1-2H3,(H,16,17)(H,18,19). The number of carbonyl (C=O) groups is 1. The van der Waals surface area contributed by atoms with Crippen molar-refractivity contribution >= 4 is 11.7 Å². The van der Waals surface area contributed by atoms with Gasteiger partial charge in [-0.25, -0.2) is 4.98 Å². The average molecular weight is 261 g/mol. The highest BCUT2D eigenvalue weighted by Gasteiger charge is 2.23. The lowest BCUT2D eigenvalue weighted by atomic mass is 9.99. The summed E-state index contributed by atoms with van der Waals surface area (Å²) in [6.07, 6.45) is 6.74. The number of hydrogen-bond donors (Lipinski definition) is 2. The highest BCUT2D eigenvalue weighted by Crippen LogP contribution is 2.27. The molecule has 0 aliphatic heterocycles. The fraction of sp³-hybridized carbons (Fsp3) is 0.600. The van der Waals surface area contributed by atoms with Gasteiger partial charge in [0.05, 0.1) is 0 Å². The van der Waals surface area contributed by atoms with Crippen LogP contribution in [0.15, 0.2) is 18.3 Å². The summed E-state index contributed by atoms with van der Waals surface area (Å²) in [5.41, 5.74) is 0.677. The zero-order valence-electron chi connectivity index (χ0n) is 11.8. The second-order valence-electron chi connectivity index (χ2n) is 5.27. The number of rotatable bonds is 5. The molecule has 1 fully saturated rings. The molecule has 1 atom stereocenters. The van der Waals surface area contributed by atoms with E-state index in [0.717, 1.165) is 12.4 Å². The molecule has 1 aromatic rings. The highest BCUT2D eigenvalue weighted by atomic mass is 16.1. The summed E-state index contributed by atoms with van der Waals surface area (Å²) in [6.45, 7) is 4.92. The summed E-state index contributed by atoms with van der Waals surface area (Å²) in [4.78, 5) is 16.4. The second-order valence-corrected chi connectivity index (χ2v) is 5.27. The lowest BCUT2D eigenvalue weighted by Gasteiger charge is -2.20. The molecule has 1 amide bonds. The van der Waals surface area contributed by atoms with E-state index >= 15 is 0 Å². The van der Waals surface area contributed by atoms with E-state index in [2.05, 4.69) is 22.5 Å². The summed E-state index contributed by atoms with van der Waals surface area (Å²) in [5.74, 6) is 1.39. The molecule has 0 radical (unpaired) electrons. The van der Waals surface area contributed by atoms with E-state index in [1.807, 2.05) is 6.92 Å². The summed E-state index contributed by atoms with van der Waals surface area (Å²) >= 11 is 0. The number of nitrogens with zero attached hydrogens (tertiary/aromatic N) is 1. The van der Waals surface area contributed by atoms with Crippen LogP contribution in [0.5, 0.6) is 0 Å². The monoisotopic (exact) mass is 261 g/mol. The van der Waals surface area contributed by atoms with Crippen LogP contribution in [0.3, 0.4) is 0 Å². The Kier molecular flexibility index (Phi) is 4.77. The fourth-order valence-electron chi connectivity index (χ4n) is 2.71. The van der Waals surface area contributed by atoms with Gasteiger partial charge in [0.15, 0.2) is 0 Å². The third-order valence-corrected chi connectivity index (χ3v) is 3.85. The van der Waals surface area contributed by atoms with Crippen molar-refractivity contribution in [2.45, 2.75) is 45.6 Å². The van der Waals surface area contributed by atoms with Crippen LogP contribution in [-0.4, -0.2) is 23.5 Å². The second kappa shape index (κ2) is 6.55. The van der Waals surface area contributed by atoms with Crippen molar-refractivity contribution in [2.24, 2.45) is 5.92 Å². The van der Waals surface area contributed by atoms with Crippen molar-refractivity contribution in [2.75, 3.05) is 11.9 Å². The average Bonchev–Trinajstić information content (AvgIpc) is 2.93. The maximum absolute atomic E-state index is 12.2. The first kappa shape index (κ1) is 13.8. The Morgan fingerprint density at radius 1 is 1.47 bits per heavy atom. The number of anilines is 1. The van der Waals surface area contributed by atoms with E-state index in [0.29, 0.717) is 11.5 Å².